The highest BCUT2D eigenvalue weighted by Crippen LogP contribution is 2.44. The van der Waals surface area contributed by atoms with Gasteiger partial charge in [0, 0.05) is 62.7 Å². The zero-order valence-electron chi connectivity index (χ0n) is 18.6. The Morgan fingerprint density at radius 1 is 1.06 bits per heavy atom. The fraction of sp³-hybridized carbons (Fsp3) is 0.455. The first-order valence-electron chi connectivity index (χ1n) is 10.4. The van der Waals surface area contributed by atoms with Crippen LogP contribution >= 0.6 is 36.6 Å². The monoisotopic (exact) mass is 537 g/mol. The summed E-state index contributed by atoms with van der Waals surface area (Å²) in [6.45, 7) is 4.18. The lowest BCUT2D eigenvalue weighted by molar-refractivity contribution is 0.0822. The highest BCUT2D eigenvalue weighted by molar-refractivity contribution is 7.99. The van der Waals surface area contributed by atoms with Crippen LogP contribution in [0.2, 0.25) is 0 Å². The van der Waals surface area contributed by atoms with Crippen LogP contribution in [0.4, 0.5) is 4.39 Å². The summed E-state index contributed by atoms with van der Waals surface area (Å²) in [6, 6.07) is 10.2. The third-order valence-electron chi connectivity index (χ3n) is 6.05. The minimum atomic E-state index is -3.56. The molecule has 1 saturated heterocycles. The highest BCUT2D eigenvalue weighted by atomic mass is 35.5. The molecule has 2 aromatic carbocycles. The number of sulfonamides is 1. The fourth-order valence-corrected chi connectivity index (χ4v) is 6.32. The van der Waals surface area contributed by atoms with Gasteiger partial charge in [-0.3, -0.25) is 9.80 Å². The van der Waals surface area contributed by atoms with E-state index < -0.39 is 10.0 Å². The van der Waals surface area contributed by atoms with Gasteiger partial charge in [0.1, 0.15) is 5.82 Å². The van der Waals surface area contributed by atoms with Gasteiger partial charge in [-0.15, -0.1) is 24.8 Å². The van der Waals surface area contributed by atoms with Gasteiger partial charge in [0.15, 0.2) is 0 Å². The molecule has 0 amide bonds. The first-order valence-corrected chi connectivity index (χ1v) is 12.7. The van der Waals surface area contributed by atoms with Crippen LogP contribution < -0.4 is 0 Å². The van der Waals surface area contributed by atoms with Crippen LogP contribution in [0.1, 0.15) is 17.2 Å². The molecule has 6 nitrogen and oxygen atoms in total. The fourth-order valence-electron chi connectivity index (χ4n) is 4.25. The summed E-state index contributed by atoms with van der Waals surface area (Å²) in [5, 5.41) is 9.23. The Morgan fingerprint density at radius 3 is 2.39 bits per heavy atom. The average molecular weight is 539 g/mol. The standard InChI is InChI=1S/C22H28FN3O3S2.2ClH/c1-24(2)31(28,29)18-5-6-21-19(15-18)20(26-9-7-25(8-10-26)11-12-27)13-16-3-4-17(23)14-22(16)30-21;;/h3-6,14-15,20,27H,7-13H2,1-2H3;2*1H. The second kappa shape index (κ2) is 11.7. The topological polar surface area (TPSA) is 64.1 Å². The van der Waals surface area contributed by atoms with Crippen molar-refractivity contribution in [2.75, 3.05) is 53.4 Å². The zero-order chi connectivity index (χ0) is 22.2. The van der Waals surface area contributed by atoms with Crippen molar-refractivity contribution in [3.63, 3.8) is 0 Å². The molecule has 0 radical (unpaired) electrons. The van der Waals surface area contributed by atoms with E-state index in [2.05, 4.69) is 9.80 Å². The molecule has 184 valence electrons. The second-order valence-corrected chi connectivity index (χ2v) is 11.4. The second-order valence-electron chi connectivity index (χ2n) is 8.16. The van der Waals surface area contributed by atoms with Gasteiger partial charge in [-0.1, -0.05) is 17.8 Å². The summed E-state index contributed by atoms with van der Waals surface area (Å²) < 4.78 is 40.8. The van der Waals surface area contributed by atoms with Gasteiger partial charge < -0.3 is 5.11 Å². The van der Waals surface area contributed by atoms with Crippen LogP contribution in [-0.4, -0.2) is 81.1 Å². The summed E-state index contributed by atoms with van der Waals surface area (Å²) in [5.41, 5.74) is 2.04. The Hall–Kier alpha value is -0.910. The van der Waals surface area contributed by atoms with Gasteiger partial charge >= 0.3 is 0 Å². The Kier molecular flexibility index (Phi) is 10.0. The molecule has 1 unspecified atom stereocenters. The number of fused-ring (bicyclic) bond motifs is 2. The largest absolute Gasteiger partial charge is 0.395 e. The number of aliphatic hydroxyl groups excluding tert-OH is 1. The lowest BCUT2D eigenvalue weighted by Crippen LogP contribution is -2.48. The molecule has 1 fully saturated rings. The predicted octanol–water partition coefficient (Wildman–Crippen LogP) is 3.28. The van der Waals surface area contributed by atoms with Crippen LogP contribution in [0.5, 0.6) is 0 Å². The molecule has 2 aromatic rings. The number of piperazine rings is 1. The van der Waals surface area contributed by atoms with Crippen LogP contribution in [0.25, 0.3) is 0 Å². The molecule has 0 aliphatic carbocycles. The van der Waals surface area contributed by atoms with E-state index in [1.165, 1.54) is 36.2 Å². The van der Waals surface area contributed by atoms with E-state index in [0.717, 1.165) is 47.1 Å². The maximum Gasteiger partial charge on any atom is 0.242 e. The summed E-state index contributed by atoms with van der Waals surface area (Å²) in [7, 11) is -0.489. The molecule has 4 rings (SSSR count). The first-order chi connectivity index (χ1) is 14.8. The van der Waals surface area contributed by atoms with Crippen molar-refractivity contribution in [3.8, 4) is 0 Å². The van der Waals surface area contributed by atoms with Gasteiger partial charge in [0.05, 0.1) is 11.5 Å². The molecule has 2 aliphatic rings. The van der Waals surface area contributed by atoms with Gasteiger partial charge in [0.2, 0.25) is 10.0 Å². The Morgan fingerprint density at radius 2 is 1.76 bits per heavy atom. The molecule has 33 heavy (non-hydrogen) atoms. The number of hydrogen-bond donors (Lipinski definition) is 1. The summed E-state index contributed by atoms with van der Waals surface area (Å²) >= 11 is 1.50. The van der Waals surface area contributed by atoms with Crippen LogP contribution in [0.3, 0.4) is 0 Å². The molecular weight excluding hydrogens is 508 g/mol. The van der Waals surface area contributed by atoms with Crippen LogP contribution in [0.15, 0.2) is 51.1 Å². The van der Waals surface area contributed by atoms with E-state index in [0.29, 0.717) is 13.0 Å². The normalized spacial score (nSPS) is 19.1. The Bertz CT molecular complexity index is 1060. The van der Waals surface area contributed by atoms with Crippen molar-refractivity contribution in [1.29, 1.82) is 0 Å². The van der Waals surface area contributed by atoms with Crippen molar-refractivity contribution >= 4 is 46.6 Å². The van der Waals surface area contributed by atoms with Gasteiger partial charge in [-0.05, 0) is 47.9 Å². The van der Waals surface area contributed by atoms with Crippen molar-refractivity contribution in [2.24, 2.45) is 0 Å². The molecule has 0 aromatic heterocycles. The summed E-state index contributed by atoms with van der Waals surface area (Å²) in [5.74, 6) is -0.268. The molecule has 11 heteroatoms. The van der Waals surface area contributed by atoms with E-state index >= 15 is 0 Å². The quantitative estimate of drug-likeness (QED) is 0.631. The maximum atomic E-state index is 13.9. The van der Waals surface area contributed by atoms with Crippen molar-refractivity contribution in [1.82, 2.24) is 14.1 Å². The van der Waals surface area contributed by atoms with Crippen molar-refractivity contribution < 1.29 is 17.9 Å². The summed E-state index contributed by atoms with van der Waals surface area (Å²) in [4.78, 5) is 6.74. The van der Waals surface area contributed by atoms with Crippen LogP contribution in [-0.2, 0) is 16.4 Å². The van der Waals surface area contributed by atoms with E-state index in [1.54, 1.807) is 18.2 Å². The van der Waals surface area contributed by atoms with Gasteiger partial charge in [-0.2, -0.15) is 0 Å². The smallest absolute Gasteiger partial charge is 0.242 e. The molecule has 0 spiro atoms. The van der Waals surface area contributed by atoms with Gasteiger partial charge in [0.25, 0.3) is 0 Å². The number of rotatable bonds is 5. The maximum absolute atomic E-state index is 13.9. The number of β-amino-alcohol motifs (C(OH)–C–C–N with tert-alkyl or cyclic N) is 1. The molecule has 2 aliphatic heterocycles. The van der Waals surface area contributed by atoms with E-state index in [-0.39, 0.29) is 48.2 Å². The number of nitrogens with zero attached hydrogens (tertiary/aromatic N) is 3. The number of benzene rings is 2. The third kappa shape index (κ3) is 6.02. The van der Waals surface area contributed by atoms with E-state index in [9.17, 15) is 17.9 Å². The minimum absolute atomic E-state index is 0. The number of halogens is 3. The molecule has 1 N–H and O–H groups in total. The molecule has 1 atom stereocenters. The first kappa shape index (κ1) is 28.3. The lowest BCUT2D eigenvalue weighted by Gasteiger charge is -2.39. The SMILES string of the molecule is CN(C)S(=O)(=O)c1ccc2c(c1)C(N1CCN(CCO)CC1)Cc1ccc(F)cc1S2.Cl.Cl. The molecule has 0 bridgehead atoms. The molecule has 0 saturated carbocycles. The Balaban J connectivity index is 0.00000193. The average Bonchev–Trinajstić information content (AvgIpc) is 2.90. The van der Waals surface area contributed by atoms with Crippen molar-refractivity contribution in [3.05, 3.63) is 53.3 Å². The molecular formula is C22H30Cl2FN3O3S2. The van der Waals surface area contributed by atoms with E-state index in [4.69, 9.17) is 0 Å². The highest BCUT2D eigenvalue weighted by Gasteiger charge is 2.31. The Labute approximate surface area is 212 Å². The molecule has 2 heterocycles. The zero-order valence-corrected chi connectivity index (χ0v) is 21.9. The third-order valence-corrected chi connectivity index (χ3v) is 9.05. The number of aliphatic hydroxyl groups is 1. The van der Waals surface area contributed by atoms with E-state index in [1.807, 2.05) is 12.1 Å². The lowest BCUT2D eigenvalue weighted by atomic mass is 9.96. The van der Waals surface area contributed by atoms with Crippen LogP contribution in [0, 0.1) is 5.82 Å². The minimum Gasteiger partial charge on any atom is -0.395 e. The number of hydrogen-bond acceptors (Lipinski definition) is 6. The van der Waals surface area contributed by atoms with Crippen molar-refractivity contribution in [2.45, 2.75) is 27.1 Å². The predicted molar refractivity (Wildman–Crippen MR) is 134 cm³/mol. The summed E-state index contributed by atoms with van der Waals surface area (Å²) in [6.07, 6.45) is 0.696. The van der Waals surface area contributed by atoms with Gasteiger partial charge in [-0.25, -0.2) is 17.1 Å².